The maximum Gasteiger partial charge on any atom is 0.431 e. The third-order valence-electron chi connectivity index (χ3n) is 5.35. The molecule has 1 atom stereocenters. The number of cyclic esters (lactones) is 1. The van der Waals surface area contributed by atoms with Crippen LogP contribution < -0.4 is 14.8 Å². The predicted octanol–water partition coefficient (Wildman–Crippen LogP) is 3.81. The van der Waals surface area contributed by atoms with Crippen molar-refractivity contribution in [2.75, 3.05) is 19.5 Å². The number of rotatable bonds is 8. The third kappa shape index (κ3) is 4.70. The lowest BCUT2D eigenvalue weighted by Crippen LogP contribution is -2.41. The second kappa shape index (κ2) is 10.1. The molecule has 176 valence electrons. The molecular formula is C24H25N5O5. The number of ether oxygens (including phenoxy) is 3. The van der Waals surface area contributed by atoms with Crippen LogP contribution in [0, 0.1) is 0 Å². The van der Waals surface area contributed by atoms with Gasteiger partial charge in [-0.2, -0.15) is 10.1 Å². The molecule has 4 rings (SSSR count). The molecule has 10 nitrogen and oxygen atoms in total. The first-order valence-electron chi connectivity index (χ1n) is 10.7. The lowest BCUT2D eigenvalue weighted by molar-refractivity contribution is 0.0713. The van der Waals surface area contributed by atoms with Crippen molar-refractivity contribution in [3.63, 3.8) is 0 Å². The van der Waals surface area contributed by atoms with E-state index >= 15 is 0 Å². The summed E-state index contributed by atoms with van der Waals surface area (Å²) in [4.78, 5) is 31.9. The van der Waals surface area contributed by atoms with Crippen LogP contribution in [0.2, 0.25) is 0 Å². The predicted molar refractivity (Wildman–Crippen MR) is 125 cm³/mol. The van der Waals surface area contributed by atoms with Crippen LogP contribution in [0.15, 0.2) is 60.1 Å². The number of amides is 2. The van der Waals surface area contributed by atoms with Crippen molar-refractivity contribution < 1.29 is 23.8 Å². The number of para-hydroxylation sites is 1. The number of benzene rings is 2. The number of aromatic nitrogens is 2. The Kier molecular flexibility index (Phi) is 6.77. The van der Waals surface area contributed by atoms with Gasteiger partial charge in [0.25, 0.3) is 5.91 Å². The van der Waals surface area contributed by atoms with Gasteiger partial charge in [-0.1, -0.05) is 25.1 Å². The summed E-state index contributed by atoms with van der Waals surface area (Å²) in [5.74, 6) is 0.772. The summed E-state index contributed by atoms with van der Waals surface area (Å²) in [7, 11) is 3.12. The number of hydrogen-bond donors (Lipinski definition) is 2. The normalized spacial score (nSPS) is 15.4. The lowest BCUT2D eigenvalue weighted by Gasteiger charge is -2.30. The van der Waals surface area contributed by atoms with Gasteiger partial charge in [0.1, 0.15) is 17.5 Å². The molecule has 10 heteroatoms. The monoisotopic (exact) mass is 463 g/mol. The largest absolute Gasteiger partial charge is 0.493 e. The molecule has 2 aromatic carbocycles. The van der Waals surface area contributed by atoms with Gasteiger partial charge in [-0.3, -0.25) is 4.79 Å². The van der Waals surface area contributed by atoms with Crippen LogP contribution in [-0.2, 0) is 11.3 Å². The highest BCUT2D eigenvalue weighted by atomic mass is 16.6. The van der Waals surface area contributed by atoms with Gasteiger partial charge >= 0.3 is 6.09 Å². The van der Waals surface area contributed by atoms with Crippen molar-refractivity contribution in [2.45, 2.75) is 26.0 Å². The minimum atomic E-state index is -0.565. The maximum absolute atomic E-state index is 12.7. The summed E-state index contributed by atoms with van der Waals surface area (Å²) >= 11 is 0. The van der Waals surface area contributed by atoms with Gasteiger partial charge in [-0.05, 0) is 36.2 Å². The standard InChI is InChI=1S/C24H25N5O5/c1-4-19-22(15-9-10-20(32-2)21(11-15)33-3)28-29(24(31)34-19)13-16-7-5-6-8-17(16)27-23(30)18-12-25-14-26-18/h5-12,14,19H,4,13H2,1-3H3,(H,25,26)(H,27,30). The van der Waals surface area contributed by atoms with E-state index in [1.165, 1.54) is 17.5 Å². The molecule has 0 saturated heterocycles. The first-order valence-corrected chi connectivity index (χ1v) is 10.7. The minimum absolute atomic E-state index is 0.100. The summed E-state index contributed by atoms with van der Waals surface area (Å²) in [5, 5.41) is 8.71. The van der Waals surface area contributed by atoms with Crippen LogP contribution in [0.25, 0.3) is 0 Å². The number of imidazole rings is 1. The van der Waals surface area contributed by atoms with E-state index in [1.54, 1.807) is 38.5 Å². The molecule has 2 N–H and O–H groups in total. The molecule has 1 aliphatic rings. The van der Waals surface area contributed by atoms with E-state index in [1.807, 2.05) is 25.1 Å². The van der Waals surface area contributed by atoms with Crippen LogP contribution in [0.4, 0.5) is 10.5 Å². The molecule has 1 aromatic heterocycles. The molecule has 0 spiro atoms. The second-order valence-electron chi connectivity index (χ2n) is 7.46. The molecule has 0 saturated carbocycles. The Morgan fingerprint density at radius 3 is 2.68 bits per heavy atom. The molecule has 0 fully saturated rings. The average molecular weight is 463 g/mol. The molecule has 2 heterocycles. The fourth-order valence-electron chi connectivity index (χ4n) is 3.60. The smallest absolute Gasteiger partial charge is 0.431 e. The van der Waals surface area contributed by atoms with Gasteiger partial charge in [0.05, 0.1) is 27.1 Å². The molecule has 2 amide bonds. The maximum atomic E-state index is 12.7. The Balaban J connectivity index is 1.63. The van der Waals surface area contributed by atoms with E-state index in [2.05, 4.69) is 20.4 Å². The van der Waals surface area contributed by atoms with E-state index in [4.69, 9.17) is 14.2 Å². The minimum Gasteiger partial charge on any atom is -0.493 e. The summed E-state index contributed by atoms with van der Waals surface area (Å²) in [6.07, 6.45) is 2.42. The zero-order valence-electron chi connectivity index (χ0n) is 19.1. The van der Waals surface area contributed by atoms with Crippen molar-refractivity contribution in [2.24, 2.45) is 5.10 Å². The topological polar surface area (TPSA) is 118 Å². The Hall–Kier alpha value is -4.34. The SMILES string of the molecule is CCC1OC(=O)N(Cc2ccccc2NC(=O)c2c[nH]cn2)N=C1c1ccc(OC)c(OC)c1. The van der Waals surface area contributed by atoms with Crippen molar-refractivity contribution in [3.05, 3.63) is 71.8 Å². The van der Waals surface area contributed by atoms with E-state index in [0.717, 1.165) is 5.56 Å². The van der Waals surface area contributed by atoms with Crippen LogP contribution in [-0.4, -0.2) is 53.0 Å². The number of carbonyl (C=O) groups is 2. The van der Waals surface area contributed by atoms with Gasteiger partial charge in [0, 0.05) is 17.4 Å². The summed E-state index contributed by atoms with van der Waals surface area (Å²) in [6.45, 7) is 2.02. The van der Waals surface area contributed by atoms with Gasteiger partial charge in [-0.15, -0.1) is 0 Å². The molecule has 0 bridgehead atoms. The van der Waals surface area contributed by atoms with E-state index in [9.17, 15) is 9.59 Å². The van der Waals surface area contributed by atoms with Crippen molar-refractivity contribution >= 4 is 23.4 Å². The molecule has 0 aliphatic carbocycles. The second-order valence-corrected chi connectivity index (χ2v) is 7.46. The van der Waals surface area contributed by atoms with Crippen LogP contribution in [0.3, 0.4) is 0 Å². The van der Waals surface area contributed by atoms with Gasteiger partial charge < -0.3 is 24.5 Å². The van der Waals surface area contributed by atoms with Crippen molar-refractivity contribution in [3.8, 4) is 11.5 Å². The van der Waals surface area contributed by atoms with Gasteiger partial charge in [0.15, 0.2) is 11.5 Å². The quantitative estimate of drug-likeness (QED) is 0.524. The fourth-order valence-corrected chi connectivity index (χ4v) is 3.60. The Labute approximate surface area is 196 Å². The van der Waals surface area contributed by atoms with Crippen molar-refractivity contribution in [1.29, 1.82) is 0 Å². The van der Waals surface area contributed by atoms with E-state index < -0.39 is 12.2 Å². The number of aromatic amines is 1. The number of anilines is 1. The van der Waals surface area contributed by atoms with E-state index in [0.29, 0.717) is 34.9 Å². The number of carbonyl (C=O) groups excluding carboxylic acids is 2. The molecular weight excluding hydrogens is 438 g/mol. The summed E-state index contributed by atoms with van der Waals surface area (Å²) in [6, 6.07) is 12.6. The summed E-state index contributed by atoms with van der Waals surface area (Å²) < 4.78 is 16.4. The number of H-pyrrole nitrogens is 1. The first-order chi connectivity index (χ1) is 16.5. The molecule has 0 radical (unpaired) electrons. The number of hydrogen-bond acceptors (Lipinski definition) is 7. The molecule has 1 aliphatic heterocycles. The third-order valence-corrected chi connectivity index (χ3v) is 5.35. The van der Waals surface area contributed by atoms with Crippen molar-refractivity contribution in [1.82, 2.24) is 15.0 Å². The molecule has 1 unspecified atom stereocenters. The van der Waals surface area contributed by atoms with Gasteiger partial charge in [-0.25, -0.2) is 9.78 Å². The highest BCUT2D eigenvalue weighted by Gasteiger charge is 2.31. The first kappa shape index (κ1) is 22.8. The number of nitrogens with zero attached hydrogens (tertiary/aromatic N) is 3. The average Bonchev–Trinajstić information content (AvgIpc) is 3.41. The van der Waals surface area contributed by atoms with E-state index in [-0.39, 0.29) is 18.1 Å². The van der Waals surface area contributed by atoms with Gasteiger partial charge in [0.2, 0.25) is 0 Å². The zero-order valence-corrected chi connectivity index (χ0v) is 19.1. The lowest BCUT2D eigenvalue weighted by atomic mass is 10.0. The Bertz CT molecular complexity index is 1210. The summed E-state index contributed by atoms with van der Waals surface area (Å²) in [5.41, 5.74) is 2.84. The Morgan fingerprint density at radius 2 is 1.97 bits per heavy atom. The number of nitrogens with one attached hydrogen (secondary N) is 2. The van der Waals surface area contributed by atoms with Crippen LogP contribution in [0.1, 0.15) is 35.0 Å². The molecule has 3 aromatic rings. The number of hydrazone groups is 1. The Morgan fingerprint density at radius 1 is 1.18 bits per heavy atom. The highest BCUT2D eigenvalue weighted by Crippen LogP contribution is 2.30. The van der Waals surface area contributed by atoms with Crippen LogP contribution in [0.5, 0.6) is 11.5 Å². The number of methoxy groups -OCH3 is 2. The zero-order chi connectivity index (χ0) is 24.1. The highest BCUT2D eigenvalue weighted by molar-refractivity contribution is 6.06. The fraction of sp³-hybridized carbons (Fsp3) is 0.250. The molecule has 34 heavy (non-hydrogen) atoms. The van der Waals surface area contributed by atoms with Crippen LogP contribution >= 0.6 is 0 Å².